The van der Waals surface area contributed by atoms with Crippen molar-refractivity contribution in [1.29, 1.82) is 0 Å². The van der Waals surface area contributed by atoms with Gasteiger partial charge in [-0.25, -0.2) is 0 Å². The Kier molecular flexibility index (Phi) is 3.32. The van der Waals surface area contributed by atoms with Crippen LogP contribution in [0.4, 0.5) is 0 Å². The average Bonchev–Trinajstić information content (AvgIpc) is 2.70. The summed E-state index contributed by atoms with van der Waals surface area (Å²) in [5, 5.41) is 13.1. The molecule has 0 radical (unpaired) electrons. The zero-order valence-corrected chi connectivity index (χ0v) is 10.3. The maximum Gasteiger partial charge on any atom is 0.309 e. The number of methoxy groups -OCH3 is 1. The highest BCUT2D eigenvalue weighted by Crippen LogP contribution is 2.31. The summed E-state index contributed by atoms with van der Waals surface area (Å²) >= 11 is 0. The quantitative estimate of drug-likeness (QED) is 0.892. The van der Waals surface area contributed by atoms with Gasteiger partial charge in [-0.2, -0.15) is 5.10 Å². The molecule has 0 aliphatic carbocycles. The first kappa shape index (κ1) is 12.2. The van der Waals surface area contributed by atoms with E-state index >= 15 is 0 Å². The molecule has 0 atom stereocenters. The van der Waals surface area contributed by atoms with Crippen molar-refractivity contribution in [2.75, 3.05) is 7.11 Å². The van der Waals surface area contributed by atoms with E-state index in [4.69, 9.17) is 9.84 Å². The number of rotatable bonds is 4. The Hall–Kier alpha value is -2.30. The molecule has 2 aromatic rings. The van der Waals surface area contributed by atoms with E-state index in [1.165, 1.54) is 0 Å². The van der Waals surface area contributed by atoms with Crippen LogP contribution in [0.5, 0.6) is 5.75 Å². The van der Waals surface area contributed by atoms with Gasteiger partial charge in [0.25, 0.3) is 0 Å². The van der Waals surface area contributed by atoms with Crippen LogP contribution in [0.3, 0.4) is 0 Å². The summed E-state index contributed by atoms with van der Waals surface area (Å²) in [7, 11) is 3.32. The van der Waals surface area contributed by atoms with Gasteiger partial charge < -0.3 is 9.84 Å². The number of ether oxygens (including phenoxy) is 1. The summed E-state index contributed by atoms with van der Waals surface area (Å²) in [4.78, 5) is 10.9. The molecule has 0 spiro atoms. The highest BCUT2D eigenvalue weighted by molar-refractivity contribution is 5.77. The maximum absolute atomic E-state index is 10.9. The van der Waals surface area contributed by atoms with Gasteiger partial charge in [-0.3, -0.25) is 9.48 Å². The number of aryl methyl sites for hydroxylation is 1. The predicted molar refractivity (Wildman–Crippen MR) is 66.5 cm³/mol. The van der Waals surface area contributed by atoms with Gasteiger partial charge in [0, 0.05) is 18.2 Å². The van der Waals surface area contributed by atoms with Gasteiger partial charge in [-0.05, 0) is 6.07 Å². The smallest absolute Gasteiger partial charge is 0.309 e. The molecule has 0 amide bonds. The first-order valence-corrected chi connectivity index (χ1v) is 5.49. The lowest BCUT2D eigenvalue weighted by molar-refractivity contribution is -0.136. The third-order valence-corrected chi connectivity index (χ3v) is 2.78. The fourth-order valence-electron chi connectivity index (χ4n) is 1.91. The molecule has 1 N–H and O–H groups in total. The molecule has 1 aromatic carbocycles. The van der Waals surface area contributed by atoms with Crippen LogP contribution < -0.4 is 4.74 Å². The van der Waals surface area contributed by atoms with Crippen molar-refractivity contribution in [3.63, 3.8) is 0 Å². The maximum atomic E-state index is 10.9. The normalized spacial score (nSPS) is 10.3. The highest BCUT2D eigenvalue weighted by Gasteiger charge is 2.16. The fraction of sp³-hybridized carbons (Fsp3) is 0.231. The molecular formula is C13H14N2O3. The van der Waals surface area contributed by atoms with Gasteiger partial charge in [-0.15, -0.1) is 0 Å². The first-order chi connectivity index (χ1) is 8.63. The van der Waals surface area contributed by atoms with Crippen molar-refractivity contribution >= 4 is 5.97 Å². The number of hydrogen-bond acceptors (Lipinski definition) is 3. The Morgan fingerprint density at radius 1 is 1.39 bits per heavy atom. The largest absolute Gasteiger partial charge is 0.496 e. The molecule has 0 fully saturated rings. The number of aliphatic carboxylic acids is 1. The minimum atomic E-state index is -0.880. The summed E-state index contributed by atoms with van der Waals surface area (Å²) in [6, 6.07) is 7.49. The van der Waals surface area contributed by atoms with E-state index in [9.17, 15) is 4.79 Å². The molecule has 2 rings (SSSR count). The van der Waals surface area contributed by atoms with E-state index < -0.39 is 5.97 Å². The minimum Gasteiger partial charge on any atom is -0.496 e. The van der Waals surface area contributed by atoms with Crippen LogP contribution in [0.25, 0.3) is 11.1 Å². The van der Waals surface area contributed by atoms with Crippen LogP contribution in [0.2, 0.25) is 0 Å². The van der Waals surface area contributed by atoms with E-state index in [-0.39, 0.29) is 6.42 Å². The number of carbonyl (C=O) groups is 1. The number of hydrogen-bond donors (Lipinski definition) is 1. The van der Waals surface area contributed by atoms with Gasteiger partial charge in [0.1, 0.15) is 5.75 Å². The molecule has 0 aliphatic heterocycles. The van der Waals surface area contributed by atoms with Gasteiger partial charge in [-0.1, -0.05) is 18.2 Å². The Bertz CT molecular complexity index is 575. The number of carboxylic acid groups (broad SMARTS) is 1. The summed E-state index contributed by atoms with van der Waals surface area (Å²) < 4.78 is 6.86. The summed E-state index contributed by atoms with van der Waals surface area (Å²) in [6.07, 6.45) is 1.60. The number of benzene rings is 1. The molecule has 5 heteroatoms. The Labute approximate surface area is 105 Å². The zero-order chi connectivity index (χ0) is 13.1. The van der Waals surface area contributed by atoms with Crippen LogP contribution in [0.1, 0.15) is 5.69 Å². The van der Waals surface area contributed by atoms with Gasteiger partial charge in [0.2, 0.25) is 0 Å². The number of aromatic nitrogens is 2. The molecule has 5 nitrogen and oxygen atoms in total. The van der Waals surface area contributed by atoms with Crippen molar-refractivity contribution in [2.24, 2.45) is 7.05 Å². The second-order valence-electron chi connectivity index (χ2n) is 3.90. The molecule has 1 heterocycles. The molecular weight excluding hydrogens is 232 g/mol. The SMILES string of the molecule is COc1ccccc1-c1cnn(C)c1CC(=O)O. The van der Waals surface area contributed by atoms with Crippen molar-refractivity contribution in [3.8, 4) is 16.9 Å². The molecule has 18 heavy (non-hydrogen) atoms. The first-order valence-electron chi connectivity index (χ1n) is 5.49. The number of para-hydroxylation sites is 1. The molecule has 0 saturated heterocycles. The van der Waals surface area contributed by atoms with Crippen LogP contribution >= 0.6 is 0 Å². The minimum absolute atomic E-state index is 0.0656. The lowest BCUT2D eigenvalue weighted by Gasteiger charge is -2.08. The summed E-state index contributed by atoms with van der Waals surface area (Å²) in [6.45, 7) is 0. The Morgan fingerprint density at radius 2 is 2.11 bits per heavy atom. The van der Waals surface area contributed by atoms with Gasteiger partial charge >= 0.3 is 5.97 Å². The van der Waals surface area contributed by atoms with Gasteiger partial charge in [0.15, 0.2) is 0 Å². The van der Waals surface area contributed by atoms with Crippen LogP contribution in [0.15, 0.2) is 30.5 Å². The topological polar surface area (TPSA) is 64.4 Å². The van der Waals surface area contributed by atoms with Crippen LogP contribution in [-0.4, -0.2) is 28.0 Å². The van der Waals surface area contributed by atoms with Crippen LogP contribution in [0, 0.1) is 0 Å². The number of nitrogens with zero attached hydrogens (tertiary/aromatic N) is 2. The summed E-state index contributed by atoms with van der Waals surface area (Å²) in [5.41, 5.74) is 2.30. The van der Waals surface area contributed by atoms with Crippen molar-refractivity contribution in [3.05, 3.63) is 36.2 Å². The molecule has 0 aliphatic rings. The summed E-state index contributed by atoms with van der Waals surface area (Å²) in [5.74, 6) is -0.174. The van der Waals surface area contributed by atoms with Crippen LogP contribution in [-0.2, 0) is 18.3 Å². The molecule has 0 bridgehead atoms. The van der Waals surface area contributed by atoms with E-state index in [1.807, 2.05) is 24.3 Å². The Morgan fingerprint density at radius 3 is 2.78 bits per heavy atom. The Balaban J connectivity index is 2.53. The third kappa shape index (κ3) is 2.20. The van der Waals surface area contributed by atoms with E-state index in [2.05, 4.69) is 5.10 Å². The lowest BCUT2D eigenvalue weighted by Crippen LogP contribution is -2.07. The average molecular weight is 246 g/mol. The fourth-order valence-corrected chi connectivity index (χ4v) is 1.91. The second-order valence-corrected chi connectivity index (χ2v) is 3.90. The van der Waals surface area contributed by atoms with Crippen molar-refractivity contribution in [1.82, 2.24) is 9.78 Å². The molecule has 94 valence electrons. The lowest BCUT2D eigenvalue weighted by atomic mass is 10.0. The number of carboxylic acids is 1. The molecule has 0 saturated carbocycles. The van der Waals surface area contributed by atoms with E-state index in [0.29, 0.717) is 11.4 Å². The monoisotopic (exact) mass is 246 g/mol. The molecule has 0 unspecified atom stereocenters. The van der Waals surface area contributed by atoms with Gasteiger partial charge in [0.05, 0.1) is 25.4 Å². The zero-order valence-electron chi connectivity index (χ0n) is 10.3. The van der Waals surface area contributed by atoms with E-state index in [1.54, 1.807) is 25.0 Å². The van der Waals surface area contributed by atoms with Crippen molar-refractivity contribution in [2.45, 2.75) is 6.42 Å². The highest BCUT2D eigenvalue weighted by atomic mass is 16.5. The second kappa shape index (κ2) is 4.91. The standard InChI is InChI=1S/C13H14N2O3/c1-15-11(7-13(16)17)10(8-14-15)9-5-3-4-6-12(9)18-2/h3-6,8H,7H2,1-2H3,(H,16,17). The predicted octanol–water partition coefficient (Wildman–Crippen LogP) is 1.72. The molecule has 1 aromatic heterocycles. The van der Waals surface area contributed by atoms with E-state index in [0.717, 1.165) is 11.1 Å². The third-order valence-electron chi connectivity index (χ3n) is 2.78. The van der Waals surface area contributed by atoms with Crippen molar-refractivity contribution < 1.29 is 14.6 Å².